The van der Waals surface area contributed by atoms with E-state index < -0.39 is 0 Å². The van der Waals surface area contributed by atoms with Gasteiger partial charge in [0.1, 0.15) is 22.2 Å². The maximum absolute atomic E-state index is 12.4. The van der Waals surface area contributed by atoms with Gasteiger partial charge in [-0.25, -0.2) is 4.98 Å². The highest BCUT2D eigenvalue weighted by molar-refractivity contribution is 7.13. The van der Waals surface area contributed by atoms with Gasteiger partial charge < -0.3 is 15.4 Å². The van der Waals surface area contributed by atoms with E-state index in [4.69, 9.17) is 16.3 Å². The number of hydrogen-bond donors (Lipinski definition) is 2. The molecule has 3 rings (SSSR count). The molecule has 1 aromatic carbocycles. The van der Waals surface area contributed by atoms with E-state index in [2.05, 4.69) is 15.6 Å². The quantitative estimate of drug-likeness (QED) is 0.740. The van der Waals surface area contributed by atoms with Gasteiger partial charge in [0.25, 0.3) is 5.91 Å². The van der Waals surface area contributed by atoms with Crippen LogP contribution in [-0.4, -0.2) is 30.0 Å². The van der Waals surface area contributed by atoms with Gasteiger partial charge in [0.2, 0.25) is 0 Å². The van der Waals surface area contributed by atoms with E-state index in [9.17, 15) is 4.79 Å². The first kappa shape index (κ1) is 23.0. The Labute approximate surface area is 174 Å². The lowest BCUT2D eigenvalue weighted by atomic mass is 10.1. The van der Waals surface area contributed by atoms with E-state index in [-0.39, 0.29) is 36.8 Å². The van der Waals surface area contributed by atoms with Gasteiger partial charge in [-0.3, -0.25) is 4.79 Å². The summed E-state index contributed by atoms with van der Waals surface area (Å²) in [5, 5.41) is 7.84. The minimum Gasteiger partial charge on any atom is -0.486 e. The average Bonchev–Trinajstić information content (AvgIpc) is 2.96. The molecule has 0 saturated carbocycles. The van der Waals surface area contributed by atoms with Crippen molar-refractivity contribution in [3.8, 4) is 5.75 Å². The SMILES string of the molecule is Cc1nc(COc2ccc(Cl)cc2)sc1C(=O)N[C@H]1CCCNC1.Cl.Cl. The Morgan fingerprint density at radius 3 is 2.77 bits per heavy atom. The summed E-state index contributed by atoms with van der Waals surface area (Å²) in [7, 11) is 0. The van der Waals surface area contributed by atoms with Gasteiger partial charge in [-0.15, -0.1) is 36.2 Å². The van der Waals surface area contributed by atoms with Crippen molar-refractivity contribution in [3.63, 3.8) is 0 Å². The lowest BCUT2D eigenvalue weighted by Gasteiger charge is -2.23. The Hall–Kier alpha value is -1.05. The summed E-state index contributed by atoms with van der Waals surface area (Å²) in [5.74, 6) is 0.683. The van der Waals surface area contributed by atoms with Crippen molar-refractivity contribution >= 4 is 53.7 Å². The number of thiazole rings is 1. The van der Waals surface area contributed by atoms with Gasteiger partial charge >= 0.3 is 0 Å². The molecule has 0 aliphatic carbocycles. The van der Waals surface area contributed by atoms with E-state index in [1.165, 1.54) is 11.3 Å². The number of ether oxygens (including phenoxy) is 1. The number of benzene rings is 1. The predicted octanol–water partition coefficient (Wildman–Crippen LogP) is 4.01. The normalized spacial score (nSPS) is 16.2. The first-order valence-electron chi connectivity index (χ1n) is 7.98. The summed E-state index contributed by atoms with van der Waals surface area (Å²) in [6.45, 7) is 4.05. The highest BCUT2D eigenvalue weighted by Gasteiger charge is 2.20. The van der Waals surface area contributed by atoms with Gasteiger partial charge in [-0.1, -0.05) is 11.6 Å². The summed E-state index contributed by atoms with van der Waals surface area (Å²) < 4.78 is 5.69. The van der Waals surface area contributed by atoms with Gasteiger partial charge in [0.15, 0.2) is 0 Å². The molecule has 2 aromatic rings. The fraction of sp³-hybridized carbons (Fsp3) is 0.412. The predicted molar refractivity (Wildman–Crippen MR) is 110 cm³/mol. The lowest BCUT2D eigenvalue weighted by molar-refractivity contribution is 0.0934. The van der Waals surface area contributed by atoms with Crippen LogP contribution >= 0.6 is 47.8 Å². The van der Waals surface area contributed by atoms with E-state index in [1.54, 1.807) is 12.1 Å². The highest BCUT2D eigenvalue weighted by Crippen LogP contribution is 2.21. The molecule has 2 N–H and O–H groups in total. The monoisotopic (exact) mass is 437 g/mol. The number of nitrogens with one attached hydrogen (secondary N) is 2. The molecule has 2 heterocycles. The molecular weight excluding hydrogens is 417 g/mol. The number of hydrogen-bond acceptors (Lipinski definition) is 5. The number of amides is 1. The van der Waals surface area contributed by atoms with Gasteiger partial charge in [-0.2, -0.15) is 0 Å². The molecule has 1 aromatic heterocycles. The summed E-state index contributed by atoms with van der Waals surface area (Å²) in [6, 6.07) is 7.38. The molecule has 1 aliphatic heterocycles. The van der Waals surface area contributed by atoms with Crippen molar-refractivity contribution < 1.29 is 9.53 Å². The number of halogens is 3. The van der Waals surface area contributed by atoms with Crippen LogP contribution in [0, 0.1) is 6.92 Å². The molecule has 0 spiro atoms. The molecule has 26 heavy (non-hydrogen) atoms. The number of carbonyl (C=O) groups excluding carboxylic acids is 1. The van der Waals surface area contributed by atoms with Crippen LogP contribution in [0.2, 0.25) is 5.02 Å². The van der Waals surface area contributed by atoms with Crippen molar-refractivity contribution in [1.29, 1.82) is 0 Å². The highest BCUT2D eigenvalue weighted by atomic mass is 35.5. The van der Waals surface area contributed by atoms with Crippen LogP contribution in [0.15, 0.2) is 24.3 Å². The first-order chi connectivity index (χ1) is 11.6. The van der Waals surface area contributed by atoms with Crippen molar-refractivity contribution in [2.24, 2.45) is 0 Å². The zero-order valence-corrected chi connectivity index (χ0v) is 17.5. The largest absolute Gasteiger partial charge is 0.486 e. The molecule has 0 unspecified atom stereocenters. The van der Waals surface area contributed by atoms with Crippen LogP contribution < -0.4 is 15.4 Å². The summed E-state index contributed by atoms with van der Waals surface area (Å²) in [5.41, 5.74) is 0.746. The maximum Gasteiger partial charge on any atom is 0.263 e. The Balaban J connectivity index is 0.00000169. The Morgan fingerprint density at radius 1 is 1.38 bits per heavy atom. The van der Waals surface area contributed by atoms with Crippen molar-refractivity contribution in [2.75, 3.05) is 13.1 Å². The van der Waals surface area contributed by atoms with E-state index in [1.807, 2.05) is 19.1 Å². The van der Waals surface area contributed by atoms with Crippen molar-refractivity contribution in [2.45, 2.75) is 32.4 Å². The Morgan fingerprint density at radius 2 is 2.12 bits per heavy atom. The minimum atomic E-state index is -0.0450. The van der Waals surface area contributed by atoms with Crippen LogP contribution in [-0.2, 0) is 6.61 Å². The molecule has 9 heteroatoms. The molecule has 1 amide bonds. The van der Waals surface area contributed by atoms with E-state index in [0.717, 1.165) is 42.4 Å². The molecular formula is C17H22Cl3N3O2S. The number of rotatable bonds is 5. The molecule has 0 radical (unpaired) electrons. The van der Waals surface area contributed by atoms with Crippen LogP contribution in [0.25, 0.3) is 0 Å². The minimum absolute atomic E-state index is 0. The first-order valence-corrected chi connectivity index (χ1v) is 9.17. The molecule has 1 atom stereocenters. The maximum atomic E-state index is 12.4. The summed E-state index contributed by atoms with van der Waals surface area (Å²) in [4.78, 5) is 17.5. The third-order valence-electron chi connectivity index (χ3n) is 3.86. The number of aromatic nitrogens is 1. The summed E-state index contributed by atoms with van der Waals surface area (Å²) >= 11 is 7.24. The number of piperidine rings is 1. The second-order valence-electron chi connectivity index (χ2n) is 5.78. The van der Waals surface area contributed by atoms with Crippen LogP contribution in [0.3, 0.4) is 0 Å². The number of nitrogens with zero attached hydrogens (tertiary/aromatic N) is 1. The van der Waals surface area contributed by atoms with Gasteiger partial charge in [0.05, 0.1) is 5.69 Å². The standard InChI is InChI=1S/C17H20ClN3O2S.2ClH/c1-11-16(17(22)21-13-3-2-8-19-9-13)24-15(20-11)10-23-14-6-4-12(18)5-7-14;;/h4-7,13,19H,2-3,8-10H2,1H3,(H,21,22);2*1H/t13-;;/m0../s1. The number of carbonyl (C=O) groups is 1. The van der Waals surface area contributed by atoms with Crippen molar-refractivity contribution in [1.82, 2.24) is 15.6 Å². The Bertz CT molecular complexity index is 704. The molecule has 0 bridgehead atoms. The topological polar surface area (TPSA) is 63.2 Å². The third kappa shape index (κ3) is 6.28. The van der Waals surface area contributed by atoms with Crippen LogP contribution in [0.5, 0.6) is 5.75 Å². The van der Waals surface area contributed by atoms with Crippen LogP contribution in [0.1, 0.15) is 33.2 Å². The van der Waals surface area contributed by atoms with E-state index in [0.29, 0.717) is 16.5 Å². The fourth-order valence-corrected chi connectivity index (χ4v) is 3.63. The lowest BCUT2D eigenvalue weighted by Crippen LogP contribution is -2.45. The average molecular weight is 439 g/mol. The summed E-state index contributed by atoms with van der Waals surface area (Å²) in [6.07, 6.45) is 2.11. The molecule has 5 nitrogen and oxygen atoms in total. The molecule has 1 fully saturated rings. The smallest absolute Gasteiger partial charge is 0.263 e. The molecule has 1 aliphatic rings. The van der Waals surface area contributed by atoms with Crippen LogP contribution in [0.4, 0.5) is 0 Å². The van der Waals surface area contributed by atoms with Gasteiger partial charge in [-0.05, 0) is 50.6 Å². The second-order valence-corrected chi connectivity index (χ2v) is 7.30. The van der Waals surface area contributed by atoms with E-state index >= 15 is 0 Å². The van der Waals surface area contributed by atoms with Gasteiger partial charge in [0, 0.05) is 17.6 Å². The zero-order valence-electron chi connectivity index (χ0n) is 14.3. The van der Waals surface area contributed by atoms with Crippen molar-refractivity contribution in [3.05, 3.63) is 44.9 Å². The zero-order chi connectivity index (χ0) is 16.9. The number of aryl methyl sites for hydroxylation is 1. The molecule has 1 saturated heterocycles. The second kappa shape index (κ2) is 10.9. The molecule has 144 valence electrons. The third-order valence-corrected chi connectivity index (χ3v) is 5.24. The fourth-order valence-electron chi connectivity index (χ4n) is 2.63. The Kier molecular flexibility index (Phi) is 9.68.